The molecule has 1 aliphatic rings. The van der Waals surface area contributed by atoms with Gasteiger partial charge in [-0.15, -0.1) is 10.1 Å². The molecule has 4 rings (SSSR count). The monoisotopic (exact) mass is 550 g/mol. The van der Waals surface area contributed by atoms with Crippen molar-refractivity contribution in [1.82, 2.24) is 14.8 Å². The lowest BCUT2D eigenvalue weighted by Crippen LogP contribution is -2.34. The summed E-state index contributed by atoms with van der Waals surface area (Å²) in [4.78, 5) is 12.3. The molecule has 1 saturated heterocycles. The zero-order valence-electron chi connectivity index (χ0n) is 17.3. The van der Waals surface area contributed by atoms with Crippen LogP contribution in [0.3, 0.4) is 0 Å². The summed E-state index contributed by atoms with van der Waals surface area (Å²) < 4.78 is 19.9. The van der Waals surface area contributed by atoms with Crippen LogP contribution in [-0.4, -0.2) is 44.4 Å². The number of hydrogen-bond donors (Lipinski definition) is 1. The Bertz CT molecular complexity index is 1120. The first-order valence-electron chi connectivity index (χ1n) is 9.63. The van der Waals surface area contributed by atoms with Crippen molar-refractivity contribution in [1.29, 1.82) is 0 Å². The van der Waals surface area contributed by atoms with E-state index in [0.717, 1.165) is 5.56 Å². The molecule has 14 heteroatoms. The summed E-state index contributed by atoms with van der Waals surface area (Å²) >= 11 is 24.6. The first kappa shape index (κ1) is 26.4. The minimum Gasteiger partial charge on any atom is -0.374 e. The quantitative estimate of drug-likeness (QED) is 0.320. The van der Waals surface area contributed by atoms with Crippen LogP contribution in [0.15, 0.2) is 49.1 Å². The first-order chi connectivity index (χ1) is 16.2. The standard InChI is InChI=1S/C20H17Cl4N3O3.HNO3/c21-14-2-1-13(18(23)5-14)7-28-8-16-9-29-20(30-16,10-27-12-25-11-26-27)17-4-3-15(22)6-19(17)24;2-1(3)4/h1-6,11-12,16H,7-10H2;(H,2,3,4). The average molecular weight is 552 g/mol. The fraction of sp³-hybridized carbons (Fsp3) is 0.300. The van der Waals surface area contributed by atoms with E-state index in [0.29, 0.717) is 45.5 Å². The van der Waals surface area contributed by atoms with Crippen molar-refractivity contribution in [2.75, 3.05) is 13.2 Å². The normalized spacial score (nSPS) is 19.5. The number of ether oxygens (including phenoxy) is 3. The lowest BCUT2D eigenvalue weighted by molar-refractivity contribution is -0.742. The highest BCUT2D eigenvalue weighted by Crippen LogP contribution is 2.40. The van der Waals surface area contributed by atoms with Crippen LogP contribution in [0.5, 0.6) is 0 Å². The molecule has 0 bridgehead atoms. The lowest BCUT2D eigenvalue weighted by Gasteiger charge is -2.29. The minimum atomic E-state index is -1.50. The predicted molar refractivity (Wildman–Crippen MR) is 124 cm³/mol. The van der Waals surface area contributed by atoms with Crippen molar-refractivity contribution < 1.29 is 24.5 Å². The van der Waals surface area contributed by atoms with Gasteiger partial charge in [0.2, 0.25) is 5.79 Å². The van der Waals surface area contributed by atoms with Gasteiger partial charge < -0.3 is 19.4 Å². The van der Waals surface area contributed by atoms with Gasteiger partial charge in [0, 0.05) is 20.6 Å². The van der Waals surface area contributed by atoms with Crippen molar-refractivity contribution in [3.05, 3.63) is 90.4 Å². The van der Waals surface area contributed by atoms with Crippen LogP contribution in [0.25, 0.3) is 0 Å². The first-order valence-corrected chi connectivity index (χ1v) is 11.1. The molecule has 3 aromatic rings. The number of nitrogens with zero attached hydrogens (tertiary/aromatic N) is 4. The van der Waals surface area contributed by atoms with Crippen LogP contribution in [0.4, 0.5) is 0 Å². The number of hydrogen-bond acceptors (Lipinski definition) is 7. The molecule has 2 atom stereocenters. The molecule has 1 aliphatic heterocycles. The molecule has 182 valence electrons. The zero-order chi connectivity index (χ0) is 24.7. The van der Waals surface area contributed by atoms with Crippen LogP contribution in [0.2, 0.25) is 20.1 Å². The molecule has 0 aliphatic carbocycles. The lowest BCUT2D eigenvalue weighted by atomic mass is 10.1. The molecular weight excluding hydrogens is 534 g/mol. The Morgan fingerprint density at radius 1 is 1.18 bits per heavy atom. The Morgan fingerprint density at radius 2 is 1.85 bits per heavy atom. The van der Waals surface area contributed by atoms with Crippen molar-refractivity contribution in [3.8, 4) is 0 Å². The topological polar surface area (TPSA) is 122 Å². The summed E-state index contributed by atoms with van der Waals surface area (Å²) in [5, 5.41) is 19.9. The van der Waals surface area contributed by atoms with E-state index in [1.165, 1.54) is 6.33 Å². The highest BCUT2D eigenvalue weighted by atomic mass is 35.5. The minimum absolute atomic E-state index is 0.272. The van der Waals surface area contributed by atoms with Gasteiger partial charge >= 0.3 is 0 Å². The summed E-state index contributed by atoms with van der Waals surface area (Å²) in [6, 6.07) is 10.5. The van der Waals surface area contributed by atoms with Gasteiger partial charge in [-0.05, 0) is 29.8 Å². The molecule has 1 N–H and O–H groups in total. The highest BCUT2D eigenvalue weighted by molar-refractivity contribution is 6.35. The molecule has 0 radical (unpaired) electrons. The van der Waals surface area contributed by atoms with Crippen LogP contribution in [0, 0.1) is 10.1 Å². The third kappa shape index (κ3) is 7.16. The summed E-state index contributed by atoms with van der Waals surface area (Å²) in [5.74, 6) is -1.14. The molecule has 2 heterocycles. The van der Waals surface area contributed by atoms with Crippen molar-refractivity contribution in [2.24, 2.45) is 0 Å². The number of rotatable bonds is 7. The van der Waals surface area contributed by atoms with Gasteiger partial charge in [0.05, 0.1) is 24.8 Å². The molecule has 10 nitrogen and oxygen atoms in total. The molecule has 0 amide bonds. The van der Waals surface area contributed by atoms with Crippen LogP contribution in [-0.2, 0) is 33.1 Å². The Morgan fingerprint density at radius 3 is 2.47 bits per heavy atom. The number of aromatic nitrogens is 3. The van der Waals surface area contributed by atoms with Crippen molar-refractivity contribution in [3.63, 3.8) is 0 Å². The molecule has 1 aromatic heterocycles. The van der Waals surface area contributed by atoms with Gasteiger partial charge in [-0.2, -0.15) is 5.10 Å². The van der Waals surface area contributed by atoms with E-state index in [-0.39, 0.29) is 12.6 Å². The SMILES string of the molecule is Clc1ccc(COCC2COC(Cn3cncn3)(c3ccc(Cl)cc3Cl)O2)c(Cl)c1.O=[N+]([O-])O. The molecule has 1 fully saturated rings. The maximum absolute atomic E-state index is 8.36. The second-order valence-corrected chi connectivity index (χ2v) is 8.70. The van der Waals surface area contributed by atoms with E-state index in [1.54, 1.807) is 41.3 Å². The second kappa shape index (κ2) is 12.0. The molecule has 34 heavy (non-hydrogen) atoms. The summed E-state index contributed by atoms with van der Waals surface area (Å²) in [6.45, 7) is 1.23. The Kier molecular flexibility index (Phi) is 9.31. The van der Waals surface area contributed by atoms with Gasteiger partial charge in [0.15, 0.2) is 0 Å². The van der Waals surface area contributed by atoms with E-state index in [1.807, 2.05) is 6.07 Å². The summed E-state index contributed by atoms with van der Waals surface area (Å²) in [5.41, 5.74) is 1.50. The smallest absolute Gasteiger partial charge is 0.291 e. The summed E-state index contributed by atoms with van der Waals surface area (Å²) in [6.07, 6.45) is 2.72. The van der Waals surface area contributed by atoms with Crippen LogP contribution in [0.1, 0.15) is 11.1 Å². The largest absolute Gasteiger partial charge is 0.374 e. The zero-order valence-corrected chi connectivity index (χ0v) is 20.3. The van der Waals surface area contributed by atoms with Crippen LogP contribution < -0.4 is 0 Å². The van der Waals surface area contributed by atoms with Gasteiger partial charge in [-0.3, -0.25) is 0 Å². The summed E-state index contributed by atoms with van der Waals surface area (Å²) in [7, 11) is 0. The molecule has 0 saturated carbocycles. The van der Waals surface area contributed by atoms with E-state index >= 15 is 0 Å². The third-order valence-electron chi connectivity index (χ3n) is 4.61. The second-order valence-electron chi connectivity index (χ2n) is 7.01. The Labute approximate surface area is 214 Å². The Balaban J connectivity index is 0.000000751. The van der Waals surface area contributed by atoms with E-state index in [2.05, 4.69) is 10.1 Å². The maximum Gasteiger partial charge on any atom is 0.291 e. The number of benzene rings is 2. The third-order valence-corrected chi connectivity index (χ3v) is 5.75. The van der Waals surface area contributed by atoms with Crippen molar-refractivity contribution >= 4 is 46.4 Å². The molecule has 2 unspecified atom stereocenters. The average Bonchev–Trinajstić information content (AvgIpc) is 3.40. The molecule has 2 aromatic carbocycles. The molecule has 0 spiro atoms. The molecular formula is C20H18Cl4N4O6. The van der Waals surface area contributed by atoms with Gasteiger partial charge in [0.25, 0.3) is 5.09 Å². The van der Waals surface area contributed by atoms with Gasteiger partial charge in [-0.1, -0.05) is 58.5 Å². The number of halogens is 4. The van der Waals surface area contributed by atoms with Gasteiger partial charge in [0.1, 0.15) is 25.3 Å². The Hall–Kier alpha value is -2.18. The van der Waals surface area contributed by atoms with Crippen LogP contribution >= 0.6 is 46.4 Å². The van der Waals surface area contributed by atoms with Crippen molar-refractivity contribution in [2.45, 2.75) is 25.0 Å². The predicted octanol–water partition coefficient (Wildman–Crippen LogP) is 5.03. The van der Waals surface area contributed by atoms with E-state index < -0.39 is 10.9 Å². The fourth-order valence-electron chi connectivity index (χ4n) is 3.22. The fourth-order valence-corrected chi connectivity index (χ4v) is 4.24. The van der Waals surface area contributed by atoms with E-state index in [4.69, 9.17) is 75.9 Å². The van der Waals surface area contributed by atoms with E-state index in [9.17, 15) is 0 Å². The van der Waals surface area contributed by atoms with Gasteiger partial charge in [-0.25, -0.2) is 9.67 Å². The highest BCUT2D eigenvalue weighted by Gasteiger charge is 2.45. The maximum atomic E-state index is 8.36.